The molecule has 0 spiro atoms. The van der Waals surface area contributed by atoms with Gasteiger partial charge in [-0.25, -0.2) is 0 Å². The molecule has 3 nitrogen and oxygen atoms in total. The van der Waals surface area contributed by atoms with Gasteiger partial charge < -0.3 is 4.52 Å². The Morgan fingerprint density at radius 1 is 1.04 bits per heavy atom. The average Bonchev–Trinajstić information content (AvgIpc) is 2.98. The Morgan fingerprint density at radius 2 is 1.79 bits per heavy atom. The number of nitrogens with zero attached hydrogens (tertiary/aromatic N) is 2. The molecule has 0 N–H and O–H groups in total. The van der Waals surface area contributed by atoms with Crippen molar-refractivity contribution in [2.24, 2.45) is 0 Å². The first-order chi connectivity index (χ1) is 11.4. The van der Waals surface area contributed by atoms with Crippen LogP contribution in [0.25, 0.3) is 11.1 Å². The molecule has 24 heavy (non-hydrogen) atoms. The van der Waals surface area contributed by atoms with Crippen LogP contribution in [0.1, 0.15) is 22.8 Å². The zero-order chi connectivity index (χ0) is 17.2. The molecule has 2 aromatic carbocycles. The summed E-state index contributed by atoms with van der Waals surface area (Å²) in [5.41, 5.74) is 1.87. The molecule has 123 valence electrons. The van der Waals surface area contributed by atoms with Gasteiger partial charge in [0.25, 0.3) is 0 Å². The van der Waals surface area contributed by atoms with Crippen molar-refractivity contribution in [1.29, 1.82) is 0 Å². The van der Waals surface area contributed by atoms with Gasteiger partial charge in [-0.15, -0.1) is 0 Å². The third-order valence-electron chi connectivity index (χ3n) is 3.52. The van der Waals surface area contributed by atoms with Gasteiger partial charge in [0.05, 0.1) is 5.56 Å². The van der Waals surface area contributed by atoms with E-state index in [-0.39, 0.29) is 0 Å². The summed E-state index contributed by atoms with van der Waals surface area (Å²) in [4.78, 5) is 4.12. The number of hydrogen-bond acceptors (Lipinski definition) is 3. The van der Waals surface area contributed by atoms with E-state index in [1.807, 2.05) is 30.7 Å². The quantitative estimate of drug-likeness (QED) is 0.685. The summed E-state index contributed by atoms with van der Waals surface area (Å²) < 4.78 is 42.8. The van der Waals surface area contributed by atoms with E-state index in [9.17, 15) is 13.2 Å². The first kappa shape index (κ1) is 16.2. The largest absolute Gasteiger partial charge is 0.416 e. The number of benzene rings is 2. The number of halogens is 3. The van der Waals surface area contributed by atoms with Crippen LogP contribution in [-0.4, -0.2) is 10.1 Å². The summed E-state index contributed by atoms with van der Waals surface area (Å²) in [5, 5.41) is 3.82. The molecule has 0 aliphatic heterocycles. The summed E-state index contributed by atoms with van der Waals surface area (Å²) in [6.07, 6.45) is -1.86. The number of rotatable bonds is 4. The number of aromatic nitrogens is 2. The van der Waals surface area contributed by atoms with Gasteiger partial charge in [0, 0.05) is 13.3 Å². The molecule has 0 atom stereocenters. The predicted octanol–water partition coefficient (Wildman–Crippen LogP) is 4.86. The third kappa shape index (κ3) is 3.82. The third-order valence-corrected chi connectivity index (χ3v) is 3.52. The number of alkyl halides is 3. The minimum absolute atomic E-state index is 0.511. The summed E-state index contributed by atoms with van der Waals surface area (Å²) in [7, 11) is 0. The highest BCUT2D eigenvalue weighted by atomic mass is 19.4. The van der Waals surface area contributed by atoms with E-state index >= 15 is 0 Å². The molecule has 6 heteroatoms. The molecule has 0 amide bonds. The number of aryl methyl sites for hydroxylation is 1. The van der Waals surface area contributed by atoms with E-state index in [4.69, 9.17) is 4.52 Å². The molecular weight excluding hydrogens is 317 g/mol. The lowest BCUT2D eigenvalue weighted by atomic mass is 10.00. The van der Waals surface area contributed by atoms with Crippen molar-refractivity contribution in [2.75, 3.05) is 0 Å². The van der Waals surface area contributed by atoms with E-state index in [0.717, 1.165) is 28.8 Å². The van der Waals surface area contributed by atoms with Crippen molar-refractivity contribution in [1.82, 2.24) is 10.1 Å². The fourth-order valence-electron chi connectivity index (χ4n) is 2.33. The topological polar surface area (TPSA) is 38.9 Å². The van der Waals surface area contributed by atoms with Crippen LogP contribution in [0.3, 0.4) is 0 Å². The van der Waals surface area contributed by atoms with E-state index < -0.39 is 11.7 Å². The van der Waals surface area contributed by atoms with Crippen molar-refractivity contribution in [3.63, 3.8) is 0 Å². The molecule has 1 heterocycles. The minimum Gasteiger partial charge on any atom is -0.340 e. The highest BCUT2D eigenvalue weighted by Crippen LogP contribution is 2.31. The van der Waals surface area contributed by atoms with E-state index in [0.29, 0.717) is 18.1 Å². The molecule has 3 rings (SSSR count). The summed E-state index contributed by atoms with van der Waals surface area (Å²) in [6.45, 7) is 1.72. The normalized spacial score (nSPS) is 11.7. The average molecular weight is 331 g/mol. The highest BCUT2D eigenvalue weighted by molar-refractivity contribution is 5.65. The molecule has 0 saturated carbocycles. The number of hydrogen-bond donors (Lipinski definition) is 0. The molecule has 3 aromatic rings. The maximum atomic E-state index is 12.6. The summed E-state index contributed by atoms with van der Waals surface area (Å²) in [5.74, 6) is 1.10. The molecule has 1 aromatic heterocycles. The van der Waals surface area contributed by atoms with Gasteiger partial charge in [0.15, 0.2) is 5.82 Å². The highest BCUT2D eigenvalue weighted by Gasteiger charge is 2.29. The lowest BCUT2D eigenvalue weighted by molar-refractivity contribution is -0.137. The first-order valence-electron chi connectivity index (χ1n) is 7.32. The van der Waals surface area contributed by atoms with E-state index in [1.165, 1.54) is 12.1 Å². The Bertz CT molecular complexity index is 823. The van der Waals surface area contributed by atoms with Crippen LogP contribution in [-0.2, 0) is 12.6 Å². The van der Waals surface area contributed by atoms with Crippen molar-refractivity contribution in [2.45, 2.75) is 19.5 Å². The van der Waals surface area contributed by atoms with E-state index in [2.05, 4.69) is 10.1 Å². The zero-order valence-corrected chi connectivity index (χ0v) is 12.8. The van der Waals surface area contributed by atoms with Gasteiger partial charge in [-0.05, 0) is 35.2 Å². The van der Waals surface area contributed by atoms with Crippen molar-refractivity contribution in [3.8, 4) is 11.1 Å². The monoisotopic (exact) mass is 331 g/mol. The second-order valence-electron chi connectivity index (χ2n) is 5.34. The van der Waals surface area contributed by atoms with Crippen molar-refractivity contribution in [3.05, 3.63) is 77.8 Å². The maximum absolute atomic E-state index is 12.6. The molecule has 0 saturated heterocycles. The molecule has 0 bridgehead atoms. The first-order valence-corrected chi connectivity index (χ1v) is 7.32. The Balaban J connectivity index is 1.75. The van der Waals surface area contributed by atoms with Gasteiger partial charge in [0.2, 0.25) is 5.89 Å². The van der Waals surface area contributed by atoms with Crippen molar-refractivity contribution >= 4 is 0 Å². The zero-order valence-electron chi connectivity index (χ0n) is 12.8. The van der Waals surface area contributed by atoms with Gasteiger partial charge in [0.1, 0.15) is 0 Å². The van der Waals surface area contributed by atoms with Crippen molar-refractivity contribution < 1.29 is 17.7 Å². The Morgan fingerprint density at radius 3 is 2.42 bits per heavy atom. The van der Waals surface area contributed by atoms with Crippen LogP contribution in [0.2, 0.25) is 0 Å². The van der Waals surface area contributed by atoms with Gasteiger partial charge in [-0.2, -0.15) is 18.2 Å². The minimum atomic E-state index is -4.32. The second-order valence-corrected chi connectivity index (χ2v) is 5.34. The lowest BCUT2D eigenvalue weighted by Crippen LogP contribution is -2.03. The van der Waals surface area contributed by atoms with Crippen LogP contribution < -0.4 is 0 Å². The van der Waals surface area contributed by atoms with Crippen LogP contribution in [0.15, 0.2) is 53.1 Å². The maximum Gasteiger partial charge on any atom is 0.416 e. The fourth-order valence-corrected chi connectivity index (χ4v) is 2.33. The van der Waals surface area contributed by atoms with E-state index in [1.54, 1.807) is 6.92 Å². The second kappa shape index (κ2) is 6.47. The summed E-state index contributed by atoms with van der Waals surface area (Å²) >= 11 is 0. The Hall–Kier alpha value is -2.63. The molecule has 1 radical (unpaired) electrons. The smallest absolute Gasteiger partial charge is 0.340 e. The van der Waals surface area contributed by atoms with Gasteiger partial charge >= 0.3 is 6.18 Å². The van der Waals surface area contributed by atoms with Gasteiger partial charge in [-0.3, -0.25) is 0 Å². The van der Waals surface area contributed by atoms with Crippen LogP contribution in [0.5, 0.6) is 0 Å². The molecule has 0 aliphatic carbocycles. The van der Waals surface area contributed by atoms with Gasteiger partial charge in [-0.1, -0.05) is 41.6 Å². The SMILES string of the molecule is Cc1nc(C[CH]c2cccc(-c3ccc(C(F)(F)F)cc3)c2)no1. The Labute approximate surface area is 137 Å². The molecule has 0 unspecified atom stereocenters. The standard InChI is InChI=1S/C18H14F3N2O/c1-12-22-17(23-24-12)10-5-13-3-2-4-15(11-13)14-6-8-16(9-7-14)18(19,20)21/h2-9,11H,10H2,1H3. The van der Waals surface area contributed by atoms with Crippen LogP contribution >= 0.6 is 0 Å². The lowest BCUT2D eigenvalue weighted by Gasteiger charge is -2.08. The van der Waals surface area contributed by atoms with Crippen LogP contribution in [0.4, 0.5) is 13.2 Å². The molecule has 0 aliphatic rings. The molecule has 0 fully saturated rings. The fraction of sp³-hybridized carbons (Fsp3) is 0.167. The van der Waals surface area contributed by atoms with Crippen LogP contribution in [0, 0.1) is 13.3 Å². The molecular formula is C18H14F3N2O. The summed E-state index contributed by atoms with van der Waals surface area (Å²) in [6, 6.07) is 12.7. The Kier molecular flexibility index (Phi) is 4.38. The predicted molar refractivity (Wildman–Crippen MR) is 83.0 cm³/mol.